The monoisotopic (exact) mass is 353 g/mol. The van der Waals surface area contributed by atoms with Crippen LogP contribution in [0.25, 0.3) is 0 Å². The molecule has 0 bridgehead atoms. The number of anilines is 1. The van der Waals surface area contributed by atoms with Crippen LogP contribution in [0.3, 0.4) is 0 Å². The number of hydrogen-bond donors (Lipinski definition) is 3. The van der Waals surface area contributed by atoms with Gasteiger partial charge in [0.05, 0.1) is 0 Å². The van der Waals surface area contributed by atoms with Gasteiger partial charge in [0.25, 0.3) is 0 Å². The molecule has 0 aliphatic rings. The van der Waals surface area contributed by atoms with Gasteiger partial charge >= 0.3 is 5.97 Å². The topological polar surface area (TPSA) is 136 Å². The van der Waals surface area contributed by atoms with E-state index in [-0.39, 0.29) is 29.3 Å². The van der Waals surface area contributed by atoms with Crippen LogP contribution in [-0.2, 0) is 21.2 Å². The Labute approximate surface area is 139 Å². The molecule has 4 N–H and O–H groups in total. The summed E-state index contributed by atoms with van der Waals surface area (Å²) in [5.74, 6) is -1.14. The van der Waals surface area contributed by atoms with E-state index in [1.54, 1.807) is 0 Å². The van der Waals surface area contributed by atoms with E-state index in [1.807, 2.05) is 30.3 Å². The standard InChI is InChI=1S/C15H19N3O5S/c1-10-14(15(16)17-23-10)24(21,22)18-12(7-8-13(19)20)9-11-5-3-2-4-6-11/h2-6,12,18H,7-9H2,1H3,(H2,16,17)(H,19,20). The Kier molecular flexibility index (Phi) is 5.58. The summed E-state index contributed by atoms with van der Waals surface area (Å²) in [7, 11) is -3.97. The molecule has 0 aliphatic carbocycles. The number of sulfonamides is 1. The molecule has 1 heterocycles. The van der Waals surface area contributed by atoms with Gasteiger partial charge in [0.1, 0.15) is 0 Å². The third kappa shape index (κ3) is 4.56. The third-order valence-electron chi connectivity index (χ3n) is 3.46. The SMILES string of the molecule is Cc1onc(N)c1S(=O)(=O)NC(CCC(=O)O)Cc1ccccc1. The van der Waals surface area contributed by atoms with Crippen molar-refractivity contribution in [1.82, 2.24) is 9.88 Å². The van der Waals surface area contributed by atoms with E-state index >= 15 is 0 Å². The van der Waals surface area contributed by atoms with Gasteiger partial charge in [-0.25, -0.2) is 13.1 Å². The van der Waals surface area contributed by atoms with Gasteiger partial charge in [-0.1, -0.05) is 35.5 Å². The number of nitrogens with one attached hydrogen (secondary N) is 1. The highest BCUT2D eigenvalue weighted by atomic mass is 32.2. The first kappa shape index (κ1) is 18.0. The number of nitrogens with two attached hydrogens (primary N) is 1. The maximum absolute atomic E-state index is 12.5. The van der Waals surface area contributed by atoms with Gasteiger partial charge in [-0.15, -0.1) is 0 Å². The first-order chi connectivity index (χ1) is 11.3. The molecule has 8 nitrogen and oxygen atoms in total. The number of aryl methyl sites for hydroxylation is 1. The smallest absolute Gasteiger partial charge is 0.303 e. The van der Waals surface area contributed by atoms with E-state index in [9.17, 15) is 13.2 Å². The Balaban J connectivity index is 2.22. The first-order valence-corrected chi connectivity index (χ1v) is 8.77. The fraction of sp³-hybridized carbons (Fsp3) is 0.333. The summed E-state index contributed by atoms with van der Waals surface area (Å²) < 4.78 is 32.4. The fourth-order valence-electron chi connectivity index (χ4n) is 2.39. The van der Waals surface area contributed by atoms with Gasteiger partial charge in [-0.2, -0.15) is 0 Å². The average molecular weight is 353 g/mol. The number of aliphatic carboxylic acids is 1. The van der Waals surface area contributed by atoms with Crippen LogP contribution < -0.4 is 10.5 Å². The summed E-state index contributed by atoms with van der Waals surface area (Å²) in [5, 5.41) is 12.3. The number of nitrogen functional groups attached to an aromatic ring is 1. The van der Waals surface area contributed by atoms with Crippen LogP contribution >= 0.6 is 0 Å². The minimum Gasteiger partial charge on any atom is -0.481 e. The van der Waals surface area contributed by atoms with Gasteiger partial charge < -0.3 is 15.4 Å². The zero-order chi connectivity index (χ0) is 17.7. The van der Waals surface area contributed by atoms with Crippen molar-refractivity contribution in [2.45, 2.75) is 37.1 Å². The van der Waals surface area contributed by atoms with Crippen molar-refractivity contribution in [3.63, 3.8) is 0 Å². The van der Waals surface area contributed by atoms with Crippen LogP contribution in [0.4, 0.5) is 5.82 Å². The molecule has 1 unspecified atom stereocenters. The Morgan fingerprint density at radius 3 is 2.58 bits per heavy atom. The maximum atomic E-state index is 12.5. The lowest BCUT2D eigenvalue weighted by Gasteiger charge is -2.18. The molecule has 1 atom stereocenters. The molecule has 0 aliphatic heterocycles. The predicted molar refractivity (Wildman–Crippen MR) is 86.8 cm³/mol. The lowest BCUT2D eigenvalue weighted by Crippen LogP contribution is -2.37. The van der Waals surface area contributed by atoms with Crippen LogP contribution in [0.5, 0.6) is 0 Å². The van der Waals surface area contributed by atoms with Crippen LogP contribution in [0.15, 0.2) is 39.8 Å². The van der Waals surface area contributed by atoms with Crippen LogP contribution in [-0.4, -0.2) is 30.7 Å². The molecule has 24 heavy (non-hydrogen) atoms. The van der Waals surface area contributed by atoms with E-state index in [4.69, 9.17) is 15.4 Å². The second kappa shape index (κ2) is 7.45. The summed E-state index contributed by atoms with van der Waals surface area (Å²) in [6.45, 7) is 1.45. The van der Waals surface area contributed by atoms with Crippen LogP contribution in [0.1, 0.15) is 24.2 Å². The molecule has 2 aromatic rings. The first-order valence-electron chi connectivity index (χ1n) is 7.29. The zero-order valence-corrected chi connectivity index (χ0v) is 13.9. The van der Waals surface area contributed by atoms with Gasteiger partial charge in [-0.05, 0) is 25.3 Å². The van der Waals surface area contributed by atoms with Crippen molar-refractivity contribution < 1.29 is 22.8 Å². The fourth-order valence-corrected chi connectivity index (χ4v) is 3.87. The number of carbonyl (C=O) groups is 1. The lowest BCUT2D eigenvalue weighted by molar-refractivity contribution is -0.137. The van der Waals surface area contributed by atoms with Crippen molar-refractivity contribution in [2.24, 2.45) is 0 Å². The highest BCUT2D eigenvalue weighted by molar-refractivity contribution is 7.89. The second-order valence-corrected chi connectivity index (χ2v) is 7.04. The number of hydrogen-bond acceptors (Lipinski definition) is 6. The quantitative estimate of drug-likeness (QED) is 0.651. The van der Waals surface area contributed by atoms with E-state index in [0.717, 1.165) is 5.56 Å². The largest absolute Gasteiger partial charge is 0.481 e. The lowest BCUT2D eigenvalue weighted by atomic mass is 10.0. The molecule has 0 radical (unpaired) electrons. The highest BCUT2D eigenvalue weighted by Crippen LogP contribution is 2.22. The normalized spacial score (nSPS) is 12.9. The molecule has 0 fully saturated rings. The summed E-state index contributed by atoms with van der Waals surface area (Å²) >= 11 is 0. The van der Waals surface area contributed by atoms with E-state index in [1.165, 1.54) is 6.92 Å². The van der Waals surface area contributed by atoms with Crippen molar-refractivity contribution >= 4 is 21.8 Å². The minimum atomic E-state index is -3.97. The number of nitrogens with zero attached hydrogens (tertiary/aromatic N) is 1. The van der Waals surface area contributed by atoms with Crippen molar-refractivity contribution in [1.29, 1.82) is 0 Å². The Morgan fingerprint density at radius 2 is 2.04 bits per heavy atom. The Hall–Kier alpha value is -2.39. The molecular formula is C15H19N3O5S. The van der Waals surface area contributed by atoms with Gasteiger partial charge in [0.2, 0.25) is 10.0 Å². The van der Waals surface area contributed by atoms with Gasteiger partial charge in [0, 0.05) is 12.5 Å². The minimum absolute atomic E-state index is 0.0803. The van der Waals surface area contributed by atoms with E-state index in [0.29, 0.717) is 6.42 Å². The number of aromatic nitrogens is 1. The second-order valence-electron chi connectivity index (χ2n) is 5.39. The van der Waals surface area contributed by atoms with E-state index in [2.05, 4.69) is 9.88 Å². The number of rotatable bonds is 8. The molecule has 130 valence electrons. The molecule has 1 aromatic carbocycles. The number of carboxylic acids is 1. The van der Waals surface area contributed by atoms with Crippen molar-refractivity contribution in [3.8, 4) is 0 Å². The molecule has 0 spiro atoms. The van der Waals surface area contributed by atoms with Crippen LogP contribution in [0, 0.1) is 6.92 Å². The predicted octanol–water partition coefficient (Wildman–Crippen LogP) is 1.32. The Morgan fingerprint density at radius 1 is 1.38 bits per heavy atom. The third-order valence-corrected chi connectivity index (χ3v) is 5.13. The molecule has 2 rings (SSSR count). The summed E-state index contributed by atoms with van der Waals surface area (Å²) in [6.07, 6.45) is 0.351. The van der Waals surface area contributed by atoms with Crippen molar-refractivity contribution in [3.05, 3.63) is 41.7 Å². The molecule has 0 saturated carbocycles. The number of carboxylic acid groups (broad SMARTS) is 1. The summed E-state index contributed by atoms with van der Waals surface area (Å²) in [6, 6.07) is 8.62. The molecule has 0 amide bonds. The Bertz CT molecular complexity index is 782. The molecule has 1 aromatic heterocycles. The van der Waals surface area contributed by atoms with Gasteiger partial charge in [0.15, 0.2) is 16.5 Å². The van der Waals surface area contributed by atoms with Crippen molar-refractivity contribution in [2.75, 3.05) is 5.73 Å². The maximum Gasteiger partial charge on any atom is 0.303 e. The van der Waals surface area contributed by atoms with E-state index < -0.39 is 22.0 Å². The molecular weight excluding hydrogens is 334 g/mol. The summed E-state index contributed by atoms with van der Waals surface area (Å²) in [4.78, 5) is 10.6. The zero-order valence-electron chi connectivity index (χ0n) is 13.1. The molecule has 0 saturated heterocycles. The highest BCUT2D eigenvalue weighted by Gasteiger charge is 2.28. The summed E-state index contributed by atoms with van der Waals surface area (Å²) in [5.41, 5.74) is 6.45. The van der Waals surface area contributed by atoms with Gasteiger partial charge in [-0.3, -0.25) is 4.79 Å². The van der Waals surface area contributed by atoms with Crippen LogP contribution in [0.2, 0.25) is 0 Å². The average Bonchev–Trinajstić information content (AvgIpc) is 2.85. The number of benzene rings is 1. The molecule has 9 heteroatoms.